The van der Waals surface area contributed by atoms with Crippen LogP contribution in [-0.2, 0) is 6.42 Å². The molecule has 106 valence electrons. The first-order chi connectivity index (χ1) is 9.33. The van der Waals surface area contributed by atoms with Gasteiger partial charge in [0, 0.05) is 6.54 Å². The van der Waals surface area contributed by atoms with Crippen LogP contribution in [0, 0.1) is 0 Å². The van der Waals surface area contributed by atoms with Gasteiger partial charge in [-0.05, 0) is 56.6 Å². The minimum Gasteiger partial charge on any atom is -0.493 e. The van der Waals surface area contributed by atoms with E-state index in [0.29, 0.717) is 13.2 Å². The van der Waals surface area contributed by atoms with Crippen molar-refractivity contribution in [3.8, 4) is 11.5 Å². The minimum absolute atomic E-state index is 0.652. The Morgan fingerprint density at radius 2 is 2.00 bits per heavy atom. The first kappa shape index (κ1) is 14.2. The highest BCUT2D eigenvalue weighted by Gasteiger charge is 2.12. The zero-order valence-electron chi connectivity index (χ0n) is 11.7. The van der Waals surface area contributed by atoms with Gasteiger partial charge in [0.1, 0.15) is 6.61 Å². The molecule has 1 aliphatic heterocycles. The second kappa shape index (κ2) is 7.36. The van der Waals surface area contributed by atoms with E-state index in [9.17, 15) is 0 Å². The number of benzene rings is 1. The molecule has 0 saturated carbocycles. The lowest BCUT2D eigenvalue weighted by molar-refractivity contribution is 0.230. The van der Waals surface area contributed by atoms with Crippen molar-refractivity contribution in [2.75, 3.05) is 39.9 Å². The summed E-state index contributed by atoms with van der Waals surface area (Å²) < 4.78 is 11.2. The second-order valence-corrected chi connectivity index (χ2v) is 4.92. The average Bonchev–Trinajstić information content (AvgIpc) is 2.93. The number of likely N-dealkylation sites (tertiary alicyclic amines) is 1. The highest BCUT2D eigenvalue weighted by molar-refractivity contribution is 5.43. The van der Waals surface area contributed by atoms with Gasteiger partial charge < -0.3 is 15.2 Å². The van der Waals surface area contributed by atoms with E-state index in [1.165, 1.54) is 31.5 Å². The molecule has 0 radical (unpaired) electrons. The summed E-state index contributed by atoms with van der Waals surface area (Å²) in [6.45, 7) is 4.76. The smallest absolute Gasteiger partial charge is 0.161 e. The van der Waals surface area contributed by atoms with Crippen LogP contribution in [0.4, 0.5) is 0 Å². The van der Waals surface area contributed by atoms with Gasteiger partial charge in [0.05, 0.1) is 7.11 Å². The molecule has 0 aliphatic carbocycles. The Morgan fingerprint density at radius 3 is 2.68 bits per heavy atom. The van der Waals surface area contributed by atoms with Crippen LogP contribution < -0.4 is 15.2 Å². The molecule has 19 heavy (non-hydrogen) atoms. The third-order valence-corrected chi connectivity index (χ3v) is 3.52. The Morgan fingerprint density at radius 1 is 1.21 bits per heavy atom. The molecule has 1 fully saturated rings. The molecule has 2 rings (SSSR count). The van der Waals surface area contributed by atoms with Crippen molar-refractivity contribution in [1.82, 2.24) is 4.90 Å². The van der Waals surface area contributed by atoms with E-state index < -0.39 is 0 Å². The summed E-state index contributed by atoms with van der Waals surface area (Å²) in [5, 5.41) is 0. The third kappa shape index (κ3) is 4.11. The molecule has 1 heterocycles. The van der Waals surface area contributed by atoms with Crippen LogP contribution in [0.2, 0.25) is 0 Å². The molecule has 4 nitrogen and oxygen atoms in total. The minimum atomic E-state index is 0.652. The number of methoxy groups -OCH3 is 1. The molecule has 0 unspecified atom stereocenters. The van der Waals surface area contributed by atoms with Crippen molar-refractivity contribution >= 4 is 0 Å². The molecule has 2 N–H and O–H groups in total. The number of ether oxygens (including phenoxy) is 2. The molecule has 4 heteroatoms. The first-order valence-electron chi connectivity index (χ1n) is 7.05. The van der Waals surface area contributed by atoms with Crippen LogP contribution in [0.5, 0.6) is 11.5 Å². The monoisotopic (exact) mass is 264 g/mol. The topological polar surface area (TPSA) is 47.7 Å². The summed E-state index contributed by atoms with van der Waals surface area (Å²) in [6.07, 6.45) is 3.50. The number of rotatable bonds is 7. The van der Waals surface area contributed by atoms with Gasteiger partial charge in [-0.3, -0.25) is 4.90 Å². The molecular formula is C15H24N2O2. The summed E-state index contributed by atoms with van der Waals surface area (Å²) in [5.74, 6) is 1.62. The standard InChI is InChI=1S/C15H24N2O2/c1-18-14-5-4-13(6-7-16)12-15(14)19-11-10-17-8-2-3-9-17/h4-5,12H,2-3,6-11,16H2,1H3. The van der Waals surface area contributed by atoms with E-state index >= 15 is 0 Å². The van der Waals surface area contributed by atoms with Crippen LogP contribution in [0.15, 0.2) is 18.2 Å². The van der Waals surface area contributed by atoms with Crippen LogP contribution in [0.3, 0.4) is 0 Å². The number of hydrogen-bond donors (Lipinski definition) is 1. The first-order valence-corrected chi connectivity index (χ1v) is 7.05. The van der Waals surface area contributed by atoms with Gasteiger partial charge in [0.15, 0.2) is 11.5 Å². The highest BCUT2D eigenvalue weighted by Crippen LogP contribution is 2.28. The maximum Gasteiger partial charge on any atom is 0.161 e. The Balaban J connectivity index is 1.90. The summed E-state index contributed by atoms with van der Waals surface area (Å²) in [5.41, 5.74) is 6.78. The molecule has 1 saturated heterocycles. The average molecular weight is 264 g/mol. The normalized spacial score (nSPS) is 15.7. The van der Waals surface area contributed by atoms with Gasteiger partial charge in [0.2, 0.25) is 0 Å². The zero-order chi connectivity index (χ0) is 13.5. The Hall–Kier alpha value is -1.26. The van der Waals surface area contributed by atoms with E-state index in [4.69, 9.17) is 15.2 Å². The summed E-state index contributed by atoms with van der Waals surface area (Å²) in [7, 11) is 1.67. The quantitative estimate of drug-likeness (QED) is 0.814. The van der Waals surface area contributed by atoms with E-state index in [-0.39, 0.29) is 0 Å². The molecule has 1 aliphatic rings. The zero-order valence-corrected chi connectivity index (χ0v) is 11.7. The molecule has 1 aromatic carbocycles. The third-order valence-electron chi connectivity index (χ3n) is 3.52. The number of nitrogens with two attached hydrogens (primary N) is 1. The van der Waals surface area contributed by atoms with Gasteiger partial charge in [-0.1, -0.05) is 6.07 Å². The van der Waals surface area contributed by atoms with Crippen molar-refractivity contribution < 1.29 is 9.47 Å². The van der Waals surface area contributed by atoms with E-state index in [2.05, 4.69) is 4.90 Å². The SMILES string of the molecule is COc1ccc(CCN)cc1OCCN1CCCC1. The predicted octanol–water partition coefficient (Wildman–Crippen LogP) is 1.67. The molecule has 1 aromatic rings. The van der Waals surface area contributed by atoms with Crippen molar-refractivity contribution in [2.45, 2.75) is 19.3 Å². The predicted molar refractivity (Wildman–Crippen MR) is 76.9 cm³/mol. The molecule has 0 spiro atoms. The van der Waals surface area contributed by atoms with Gasteiger partial charge in [-0.2, -0.15) is 0 Å². The maximum atomic E-state index is 5.87. The Bertz CT molecular complexity index is 390. The lowest BCUT2D eigenvalue weighted by atomic mass is 10.1. The van der Waals surface area contributed by atoms with Gasteiger partial charge >= 0.3 is 0 Å². The van der Waals surface area contributed by atoms with E-state index in [0.717, 1.165) is 24.5 Å². The molecule has 0 bridgehead atoms. The lowest BCUT2D eigenvalue weighted by Crippen LogP contribution is -2.25. The van der Waals surface area contributed by atoms with Gasteiger partial charge in [0.25, 0.3) is 0 Å². The van der Waals surface area contributed by atoms with Crippen molar-refractivity contribution in [3.05, 3.63) is 23.8 Å². The van der Waals surface area contributed by atoms with E-state index in [1.54, 1.807) is 7.11 Å². The number of nitrogens with zero attached hydrogens (tertiary/aromatic N) is 1. The molecule has 0 amide bonds. The van der Waals surface area contributed by atoms with Crippen LogP contribution in [-0.4, -0.2) is 44.8 Å². The highest BCUT2D eigenvalue weighted by atomic mass is 16.5. The van der Waals surface area contributed by atoms with Crippen LogP contribution >= 0.6 is 0 Å². The van der Waals surface area contributed by atoms with Crippen molar-refractivity contribution in [1.29, 1.82) is 0 Å². The summed E-state index contributed by atoms with van der Waals surface area (Å²) in [4.78, 5) is 2.44. The van der Waals surface area contributed by atoms with Crippen LogP contribution in [0.1, 0.15) is 18.4 Å². The lowest BCUT2D eigenvalue weighted by Gasteiger charge is -2.16. The van der Waals surface area contributed by atoms with Gasteiger partial charge in [-0.15, -0.1) is 0 Å². The Labute approximate surface area is 115 Å². The maximum absolute atomic E-state index is 5.87. The molecular weight excluding hydrogens is 240 g/mol. The largest absolute Gasteiger partial charge is 0.493 e. The van der Waals surface area contributed by atoms with Gasteiger partial charge in [-0.25, -0.2) is 0 Å². The van der Waals surface area contributed by atoms with E-state index in [1.807, 2.05) is 18.2 Å². The van der Waals surface area contributed by atoms with Crippen molar-refractivity contribution in [2.24, 2.45) is 5.73 Å². The summed E-state index contributed by atoms with van der Waals surface area (Å²) >= 11 is 0. The fourth-order valence-corrected chi connectivity index (χ4v) is 2.45. The second-order valence-electron chi connectivity index (χ2n) is 4.92. The fraction of sp³-hybridized carbons (Fsp3) is 0.600. The molecule has 0 aromatic heterocycles. The fourth-order valence-electron chi connectivity index (χ4n) is 2.45. The number of hydrogen-bond acceptors (Lipinski definition) is 4. The van der Waals surface area contributed by atoms with Crippen LogP contribution in [0.25, 0.3) is 0 Å². The summed E-state index contributed by atoms with van der Waals surface area (Å²) in [6, 6.07) is 6.03. The van der Waals surface area contributed by atoms with Crippen molar-refractivity contribution in [3.63, 3.8) is 0 Å². The molecule has 0 atom stereocenters. The Kier molecular flexibility index (Phi) is 5.48.